The zero-order valence-corrected chi connectivity index (χ0v) is 22.3. The van der Waals surface area contributed by atoms with E-state index < -0.39 is 18.4 Å². The van der Waals surface area contributed by atoms with Crippen molar-refractivity contribution in [2.24, 2.45) is 46.3 Å². The molecule has 34 heavy (non-hydrogen) atoms. The highest BCUT2D eigenvalue weighted by atomic mass is 16.5. The standard InChI is InChI=1S/C30H48O4/c1-19(2)7-6-8-20(3)24-11-12-25-23-10-9-21-17-22(34-28(33)18-27(31)32)13-15-29(21,4)26(23)14-16-30(24,25)5/h9,19-20,22-26H,6-8,10-18H2,1-5H3,(H,31,32)/t20?,22-,23-,24+,25-,26-,29-,30+/m0/s1. The largest absolute Gasteiger partial charge is 0.481 e. The van der Waals surface area contributed by atoms with Crippen LogP contribution in [0.4, 0.5) is 0 Å². The molecule has 4 heteroatoms. The van der Waals surface area contributed by atoms with E-state index in [4.69, 9.17) is 9.84 Å². The van der Waals surface area contributed by atoms with Crippen LogP contribution < -0.4 is 0 Å². The Morgan fingerprint density at radius 1 is 1.06 bits per heavy atom. The zero-order chi connectivity index (χ0) is 24.7. The highest BCUT2D eigenvalue weighted by Crippen LogP contribution is 2.67. The van der Waals surface area contributed by atoms with Crippen LogP contribution in [0, 0.1) is 46.3 Å². The number of esters is 1. The Hall–Kier alpha value is -1.32. The fraction of sp³-hybridized carbons (Fsp3) is 0.867. The second kappa shape index (κ2) is 9.97. The van der Waals surface area contributed by atoms with Crippen LogP contribution in [-0.4, -0.2) is 23.1 Å². The lowest BCUT2D eigenvalue weighted by molar-refractivity contribution is -0.157. The number of carboxylic acids is 1. The molecule has 1 N–H and O–H groups in total. The van der Waals surface area contributed by atoms with Crippen LogP contribution in [0.2, 0.25) is 0 Å². The Kier molecular flexibility index (Phi) is 7.56. The zero-order valence-electron chi connectivity index (χ0n) is 22.3. The van der Waals surface area contributed by atoms with Crippen LogP contribution in [0.3, 0.4) is 0 Å². The van der Waals surface area contributed by atoms with E-state index in [0.29, 0.717) is 5.41 Å². The lowest BCUT2D eigenvalue weighted by atomic mass is 9.47. The van der Waals surface area contributed by atoms with E-state index in [2.05, 4.69) is 40.7 Å². The first-order chi connectivity index (χ1) is 16.0. The Morgan fingerprint density at radius 3 is 2.53 bits per heavy atom. The van der Waals surface area contributed by atoms with Crippen molar-refractivity contribution in [3.63, 3.8) is 0 Å². The molecule has 0 radical (unpaired) electrons. The van der Waals surface area contributed by atoms with Crippen molar-refractivity contribution >= 4 is 11.9 Å². The topological polar surface area (TPSA) is 63.6 Å². The number of ether oxygens (including phenoxy) is 1. The van der Waals surface area contributed by atoms with Crippen molar-refractivity contribution in [3.8, 4) is 0 Å². The Balaban J connectivity index is 1.43. The van der Waals surface area contributed by atoms with Crippen molar-refractivity contribution in [3.05, 3.63) is 11.6 Å². The molecule has 4 aliphatic rings. The summed E-state index contributed by atoms with van der Waals surface area (Å²) < 4.78 is 5.54. The number of hydrogen-bond acceptors (Lipinski definition) is 3. The smallest absolute Gasteiger partial charge is 0.317 e. The van der Waals surface area contributed by atoms with Crippen molar-refractivity contribution in [2.45, 2.75) is 118 Å². The van der Waals surface area contributed by atoms with Gasteiger partial charge in [-0.3, -0.25) is 9.59 Å². The quantitative estimate of drug-likeness (QED) is 0.227. The molecule has 3 fully saturated rings. The van der Waals surface area contributed by atoms with E-state index in [-0.39, 0.29) is 11.5 Å². The van der Waals surface area contributed by atoms with Gasteiger partial charge >= 0.3 is 11.9 Å². The molecule has 192 valence electrons. The summed E-state index contributed by atoms with van der Waals surface area (Å²) in [6.07, 6.45) is 15.4. The predicted molar refractivity (Wildman–Crippen MR) is 135 cm³/mol. The van der Waals surface area contributed by atoms with Crippen LogP contribution in [0.5, 0.6) is 0 Å². The number of carbonyl (C=O) groups excluding carboxylic acids is 1. The normalized spacial score (nSPS) is 40.1. The van der Waals surface area contributed by atoms with Gasteiger partial charge in [0.25, 0.3) is 0 Å². The molecule has 0 aromatic rings. The third-order valence-corrected chi connectivity index (χ3v) is 10.9. The first kappa shape index (κ1) is 25.8. The maximum atomic E-state index is 11.9. The minimum Gasteiger partial charge on any atom is -0.481 e. The van der Waals surface area contributed by atoms with Gasteiger partial charge in [-0.1, -0.05) is 65.5 Å². The number of fused-ring (bicyclic) bond motifs is 5. The van der Waals surface area contributed by atoms with Gasteiger partial charge in [-0.25, -0.2) is 0 Å². The maximum absolute atomic E-state index is 11.9. The number of carbonyl (C=O) groups is 2. The number of allylic oxidation sites excluding steroid dienone is 1. The molecule has 4 rings (SSSR count). The third-order valence-electron chi connectivity index (χ3n) is 10.9. The summed E-state index contributed by atoms with van der Waals surface area (Å²) in [6, 6.07) is 0. The van der Waals surface area contributed by atoms with E-state index in [1.165, 1.54) is 56.9 Å². The molecule has 1 unspecified atom stereocenters. The third kappa shape index (κ3) is 4.85. The van der Waals surface area contributed by atoms with Gasteiger partial charge in [0.1, 0.15) is 12.5 Å². The second-order valence-electron chi connectivity index (χ2n) is 13.2. The summed E-state index contributed by atoms with van der Waals surface area (Å²) >= 11 is 0. The monoisotopic (exact) mass is 472 g/mol. The average Bonchev–Trinajstić information content (AvgIpc) is 3.10. The number of aliphatic carboxylic acids is 1. The molecule has 8 atom stereocenters. The molecule has 3 saturated carbocycles. The molecule has 0 spiro atoms. The summed E-state index contributed by atoms with van der Waals surface area (Å²) in [5.74, 6) is 3.23. The molecular formula is C30H48O4. The summed E-state index contributed by atoms with van der Waals surface area (Å²) in [5, 5.41) is 8.87. The number of rotatable bonds is 8. The van der Waals surface area contributed by atoms with E-state index in [9.17, 15) is 9.59 Å². The van der Waals surface area contributed by atoms with Gasteiger partial charge in [-0.05, 0) is 91.3 Å². The first-order valence-corrected chi connectivity index (χ1v) is 14.2. The predicted octanol–water partition coefficient (Wildman–Crippen LogP) is 7.41. The van der Waals surface area contributed by atoms with Gasteiger partial charge in [0.05, 0.1) is 0 Å². The van der Waals surface area contributed by atoms with Crippen LogP contribution >= 0.6 is 0 Å². The minimum absolute atomic E-state index is 0.154. The Labute approximate surface area is 207 Å². The van der Waals surface area contributed by atoms with Crippen LogP contribution in [0.25, 0.3) is 0 Å². The van der Waals surface area contributed by atoms with Crippen molar-refractivity contribution in [2.75, 3.05) is 0 Å². The van der Waals surface area contributed by atoms with Gasteiger partial charge in [0.2, 0.25) is 0 Å². The van der Waals surface area contributed by atoms with E-state index in [1.54, 1.807) is 0 Å². The SMILES string of the molecule is CC(C)CCCC(C)[C@H]1CC[C@H]2[C@@H]3CC=C4C[C@@H](OC(=O)CC(=O)O)CC[C@]4(C)[C@H]3CC[C@]12C. The highest BCUT2D eigenvalue weighted by Gasteiger charge is 2.59. The minimum atomic E-state index is -1.11. The van der Waals surface area contributed by atoms with Crippen molar-refractivity contribution in [1.82, 2.24) is 0 Å². The van der Waals surface area contributed by atoms with Gasteiger partial charge in [0.15, 0.2) is 0 Å². The summed E-state index contributed by atoms with van der Waals surface area (Å²) in [6.45, 7) is 12.4. The number of carboxylic acid groups (broad SMARTS) is 1. The van der Waals surface area contributed by atoms with Crippen LogP contribution in [-0.2, 0) is 14.3 Å². The Morgan fingerprint density at radius 2 is 1.82 bits per heavy atom. The van der Waals surface area contributed by atoms with Crippen molar-refractivity contribution < 1.29 is 19.4 Å². The lowest BCUT2D eigenvalue weighted by Crippen LogP contribution is -2.51. The summed E-state index contributed by atoms with van der Waals surface area (Å²) in [7, 11) is 0. The maximum Gasteiger partial charge on any atom is 0.317 e. The van der Waals surface area contributed by atoms with Gasteiger partial charge in [0, 0.05) is 6.42 Å². The lowest BCUT2D eigenvalue weighted by Gasteiger charge is -2.58. The molecule has 0 amide bonds. The van der Waals surface area contributed by atoms with Gasteiger partial charge in [-0.2, -0.15) is 0 Å². The first-order valence-electron chi connectivity index (χ1n) is 14.2. The molecular weight excluding hydrogens is 424 g/mol. The summed E-state index contributed by atoms with van der Waals surface area (Å²) in [4.78, 5) is 22.7. The molecule has 0 saturated heterocycles. The van der Waals surface area contributed by atoms with Gasteiger partial charge in [-0.15, -0.1) is 0 Å². The molecule has 0 aromatic heterocycles. The fourth-order valence-electron chi connectivity index (χ4n) is 9.10. The molecule has 0 aliphatic heterocycles. The van der Waals surface area contributed by atoms with Crippen LogP contribution in [0.1, 0.15) is 112 Å². The van der Waals surface area contributed by atoms with E-state index in [1.807, 2.05) is 0 Å². The average molecular weight is 473 g/mol. The fourth-order valence-corrected chi connectivity index (χ4v) is 9.10. The van der Waals surface area contributed by atoms with Gasteiger partial charge < -0.3 is 9.84 Å². The molecule has 0 aromatic carbocycles. The molecule has 4 nitrogen and oxygen atoms in total. The molecule has 4 aliphatic carbocycles. The molecule has 0 bridgehead atoms. The van der Waals surface area contributed by atoms with Crippen LogP contribution in [0.15, 0.2) is 11.6 Å². The summed E-state index contributed by atoms with van der Waals surface area (Å²) in [5.41, 5.74) is 2.21. The van der Waals surface area contributed by atoms with E-state index >= 15 is 0 Å². The van der Waals surface area contributed by atoms with Crippen molar-refractivity contribution in [1.29, 1.82) is 0 Å². The highest BCUT2D eigenvalue weighted by molar-refractivity contribution is 5.90. The second-order valence-corrected chi connectivity index (χ2v) is 13.2. The molecule has 0 heterocycles. The number of hydrogen-bond donors (Lipinski definition) is 1. The Bertz CT molecular complexity index is 800. The van der Waals surface area contributed by atoms with E-state index in [0.717, 1.165) is 54.8 Å².